The molecule has 1 aromatic heterocycles. The minimum Gasteiger partial charge on any atom is -0.490 e. The van der Waals surface area contributed by atoms with Crippen LogP contribution in [0.3, 0.4) is 0 Å². The van der Waals surface area contributed by atoms with Crippen LogP contribution < -0.4 is 21.3 Å². The van der Waals surface area contributed by atoms with Crippen LogP contribution in [0.4, 0.5) is 11.6 Å². The molecular formula is C9H15N5O. The summed E-state index contributed by atoms with van der Waals surface area (Å²) in [6, 6.07) is 0.499. The number of nitrogens with two attached hydrogens (primary N) is 1. The highest BCUT2D eigenvalue weighted by atomic mass is 16.5. The number of anilines is 2. The fraction of sp³-hybridized carbons (Fsp3) is 0.556. The van der Waals surface area contributed by atoms with Crippen molar-refractivity contribution < 1.29 is 4.74 Å². The number of nitrogens with one attached hydrogen (secondary N) is 2. The standard InChI is InChI=1S/C9H15N5O/c1-15-7-8(13-6-3-2-4-6)11-5-12-9(7)14-10/h5-6H,2-4,10H2,1H3,(H2,11,12,13,14). The second kappa shape index (κ2) is 4.31. The van der Waals surface area contributed by atoms with Gasteiger partial charge in [0, 0.05) is 6.04 Å². The van der Waals surface area contributed by atoms with Crippen LogP contribution in [0.15, 0.2) is 6.33 Å². The summed E-state index contributed by atoms with van der Waals surface area (Å²) >= 11 is 0. The monoisotopic (exact) mass is 209 g/mol. The average Bonchev–Trinajstić information content (AvgIpc) is 2.22. The first-order valence-corrected chi connectivity index (χ1v) is 4.97. The molecule has 0 aromatic carbocycles. The van der Waals surface area contributed by atoms with Crippen LogP contribution in [0.1, 0.15) is 19.3 Å². The van der Waals surface area contributed by atoms with Gasteiger partial charge in [0.1, 0.15) is 6.33 Å². The Labute approximate surface area is 88.2 Å². The molecule has 1 aliphatic rings. The first kappa shape index (κ1) is 9.97. The van der Waals surface area contributed by atoms with E-state index < -0.39 is 0 Å². The molecule has 0 unspecified atom stereocenters. The van der Waals surface area contributed by atoms with Crippen molar-refractivity contribution in [3.63, 3.8) is 0 Å². The number of methoxy groups -OCH3 is 1. The number of rotatable bonds is 4. The fourth-order valence-electron chi connectivity index (χ4n) is 1.52. The molecule has 2 rings (SSSR count). The van der Waals surface area contributed by atoms with E-state index in [4.69, 9.17) is 10.6 Å². The zero-order valence-corrected chi connectivity index (χ0v) is 8.66. The van der Waals surface area contributed by atoms with E-state index in [-0.39, 0.29) is 0 Å². The molecule has 15 heavy (non-hydrogen) atoms. The number of nitrogen functional groups attached to an aromatic ring is 1. The number of hydrazine groups is 1. The van der Waals surface area contributed by atoms with Gasteiger partial charge < -0.3 is 15.5 Å². The summed E-state index contributed by atoms with van der Waals surface area (Å²) in [7, 11) is 1.57. The molecule has 1 saturated carbocycles. The van der Waals surface area contributed by atoms with Crippen LogP contribution in [0.2, 0.25) is 0 Å². The van der Waals surface area contributed by atoms with E-state index in [0.29, 0.717) is 23.4 Å². The normalized spacial score (nSPS) is 15.6. The third-order valence-corrected chi connectivity index (χ3v) is 2.59. The minimum absolute atomic E-state index is 0.495. The lowest BCUT2D eigenvalue weighted by Crippen LogP contribution is -2.28. The van der Waals surface area contributed by atoms with Gasteiger partial charge in [-0.15, -0.1) is 0 Å². The summed E-state index contributed by atoms with van der Waals surface area (Å²) in [4.78, 5) is 8.10. The fourth-order valence-corrected chi connectivity index (χ4v) is 1.52. The van der Waals surface area contributed by atoms with Crippen LogP contribution in [0.25, 0.3) is 0 Å². The summed E-state index contributed by atoms with van der Waals surface area (Å²) in [5, 5.41) is 3.30. The molecule has 0 aliphatic heterocycles. The number of aromatic nitrogens is 2. The Morgan fingerprint density at radius 1 is 1.40 bits per heavy atom. The molecular weight excluding hydrogens is 194 g/mol. The molecule has 0 saturated heterocycles. The molecule has 0 bridgehead atoms. The van der Waals surface area contributed by atoms with Gasteiger partial charge in [0.05, 0.1) is 7.11 Å². The molecule has 4 N–H and O–H groups in total. The maximum atomic E-state index is 5.32. The molecule has 0 radical (unpaired) electrons. The molecule has 1 aliphatic carbocycles. The predicted octanol–water partition coefficient (Wildman–Crippen LogP) is 0.735. The highest BCUT2D eigenvalue weighted by molar-refractivity contribution is 5.63. The highest BCUT2D eigenvalue weighted by Gasteiger charge is 2.20. The van der Waals surface area contributed by atoms with E-state index in [1.54, 1.807) is 7.11 Å². The summed E-state index contributed by atoms with van der Waals surface area (Å²) in [6.07, 6.45) is 5.09. The molecule has 0 spiro atoms. The quantitative estimate of drug-likeness (QED) is 0.501. The number of hydrogen-bond acceptors (Lipinski definition) is 6. The van der Waals surface area contributed by atoms with Crippen molar-refractivity contribution in [1.29, 1.82) is 0 Å². The van der Waals surface area contributed by atoms with Gasteiger partial charge in [-0.3, -0.25) is 0 Å². The van der Waals surface area contributed by atoms with E-state index in [2.05, 4.69) is 20.7 Å². The molecule has 1 aromatic rings. The number of hydrogen-bond donors (Lipinski definition) is 3. The van der Waals surface area contributed by atoms with Gasteiger partial charge in [-0.05, 0) is 19.3 Å². The SMILES string of the molecule is COc1c(NN)ncnc1NC1CCC1. The maximum Gasteiger partial charge on any atom is 0.205 e. The number of nitrogens with zero attached hydrogens (tertiary/aromatic N) is 2. The van der Waals surface area contributed by atoms with Crippen LogP contribution in [-0.4, -0.2) is 23.1 Å². The molecule has 82 valence electrons. The Morgan fingerprint density at radius 2 is 2.13 bits per heavy atom. The van der Waals surface area contributed by atoms with Crippen molar-refractivity contribution in [2.75, 3.05) is 17.9 Å². The van der Waals surface area contributed by atoms with E-state index >= 15 is 0 Å². The summed E-state index contributed by atoms with van der Waals surface area (Å²) in [5.41, 5.74) is 2.48. The zero-order chi connectivity index (χ0) is 10.7. The Kier molecular flexibility index (Phi) is 2.86. The summed E-state index contributed by atoms with van der Waals surface area (Å²) in [6.45, 7) is 0. The molecule has 6 heteroatoms. The van der Waals surface area contributed by atoms with E-state index in [1.165, 1.54) is 25.6 Å². The molecule has 0 atom stereocenters. The molecule has 1 fully saturated rings. The van der Waals surface area contributed by atoms with Crippen molar-refractivity contribution in [1.82, 2.24) is 9.97 Å². The maximum absolute atomic E-state index is 5.32. The van der Waals surface area contributed by atoms with Gasteiger partial charge in [-0.25, -0.2) is 15.8 Å². The lowest BCUT2D eigenvalue weighted by atomic mass is 9.93. The van der Waals surface area contributed by atoms with E-state index in [0.717, 1.165) is 0 Å². The second-order valence-electron chi connectivity index (χ2n) is 3.52. The average molecular weight is 209 g/mol. The predicted molar refractivity (Wildman–Crippen MR) is 57.7 cm³/mol. The first-order chi connectivity index (χ1) is 7.35. The van der Waals surface area contributed by atoms with Crippen LogP contribution in [-0.2, 0) is 0 Å². The minimum atomic E-state index is 0.495. The zero-order valence-electron chi connectivity index (χ0n) is 8.66. The second-order valence-corrected chi connectivity index (χ2v) is 3.52. The lowest BCUT2D eigenvalue weighted by molar-refractivity contribution is 0.407. The third-order valence-electron chi connectivity index (χ3n) is 2.59. The van der Waals surface area contributed by atoms with Crippen molar-refractivity contribution >= 4 is 11.6 Å². The topological polar surface area (TPSA) is 85.1 Å². The smallest absolute Gasteiger partial charge is 0.205 e. The molecule has 1 heterocycles. The lowest BCUT2D eigenvalue weighted by Gasteiger charge is -2.27. The van der Waals surface area contributed by atoms with Gasteiger partial charge in [-0.1, -0.05) is 0 Å². The first-order valence-electron chi connectivity index (χ1n) is 4.97. The van der Waals surface area contributed by atoms with Gasteiger partial charge in [0.2, 0.25) is 5.75 Å². The van der Waals surface area contributed by atoms with E-state index in [9.17, 15) is 0 Å². The number of ether oxygens (including phenoxy) is 1. The van der Waals surface area contributed by atoms with Gasteiger partial charge >= 0.3 is 0 Å². The molecule has 6 nitrogen and oxygen atoms in total. The Balaban J connectivity index is 2.20. The van der Waals surface area contributed by atoms with Crippen molar-refractivity contribution in [2.24, 2.45) is 5.84 Å². The van der Waals surface area contributed by atoms with Crippen LogP contribution in [0, 0.1) is 0 Å². The third kappa shape index (κ3) is 1.94. The van der Waals surface area contributed by atoms with E-state index in [1.807, 2.05) is 0 Å². The molecule has 0 amide bonds. The Morgan fingerprint density at radius 3 is 2.67 bits per heavy atom. The van der Waals surface area contributed by atoms with Crippen molar-refractivity contribution in [3.8, 4) is 5.75 Å². The van der Waals surface area contributed by atoms with Gasteiger partial charge in [0.25, 0.3) is 0 Å². The largest absolute Gasteiger partial charge is 0.490 e. The summed E-state index contributed by atoms with van der Waals surface area (Å²) in [5.74, 6) is 7.08. The van der Waals surface area contributed by atoms with Gasteiger partial charge in [-0.2, -0.15) is 0 Å². The Bertz CT molecular complexity index is 339. The highest BCUT2D eigenvalue weighted by Crippen LogP contribution is 2.31. The van der Waals surface area contributed by atoms with Gasteiger partial charge in [0.15, 0.2) is 11.6 Å². The van der Waals surface area contributed by atoms with Crippen LogP contribution in [0.5, 0.6) is 5.75 Å². The van der Waals surface area contributed by atoms with Crippen molar-refractivity contribution in [3.05, 3.63) is 6.33 Å². The Hall–Kier alpha value is -1.56. The van der Waals surface area contributed by atoms with Crippen molar-refractivity contribution in [2.45, 2.75) is 25.3 Å². The summed E-state index contributed by atoms with van der Waals surface area (Å²) < 4.78 is 5.21. The van der Waals surface area contributed by atoms with Crippen LogP contribution >= 0.6 is 0 Å².